The van der Waals surface area contributed by atoms with E-state index in [0.29, 0.717) is 22.2 Å². The molecule has 0 aliphatic carbocycles. The normalized spacial score (nSPS) is 12.0. The van der Waals surface area contributed by atoms with Crippen molar-refractivity contribution in [2.75, 3.05) is 46.5 Å². The number of hydrogen-bond acceptors (Lipinski definition) is 4. The van der Waals surface area contributed by atoms with Gasteiger partial charge in [0.1, 0.15) is 0 Å². The highest BCUT2D eigenvalue weighted by Crippen LogP contribution is 2.22. The van der Waals surface area contributed by atoms with Crippen LogP contribution in [0.4, 0.5) is 0 Å². The maximum Gasteiger partial charge on any atom is 0.251 e. The minimum Gasteiger partial charge on any atom is -0.351 e. The Labute approximate surface area is 153 Å². The number of hydrogen-bond donors (Lipinski definition) is 1. The van der Waals surface area contributed by atoms with E-state index in [1.165, 1.54) is 16.6 Å². The van der Waals surface area contributed by atoms with Gasteiger partial charge in [0.2, 0.25) is 10.0 Å². The molecule has 9 heteroatoms. The van der Waals surface area contributed by atoms with Crippen LogP contribution in [0.5, 0.6) is 0 Å². The molecular formula is C15H23Cl2N3O3S. The first-order chi connectivity index (χ1) is 11.1. The lowest BCUT2D eigenvalue weighted by atomic mass is 10.2. The number of benzene rings is 1. The van der Waals surface area contributed by atoms with Gasteiger partial charge in [0, 0.05) is 25.2 Å². The lowest BCUT2D eigenvalue weighted by molar-refractivity contribution is 0.0951. The Morgan fingerprint density at radius 2 is 1.79 bits per heavy atom. The zero-order valence-corrected chi connectivity index (χ0v) is 16.4. The van der Waals surface area contributed by atoms with Crippen molar-refractivity contribution in [1.29, 1.82) is 0 Å². The molecule has 0 saturated heterocycles. The molecule has 24 heavy (non-hydrogen) atoms. The van der Waals surface area contributed by atoms with Crippen LogP contribution in [0.25, 0.3) is 0 Å². The van der Waals surface area contributed by atoms with Crippen molar-refractivity contribution >= 4 is 39.1 Å². The largest absolute Gasteiger partial charge is 0.351 e. The summed E-state index contributed by atoms with van der Waals surface area (Å²) in [6, 6.07) is 4.59. The van der Waals surface area contributed by atoms with Crippen molar-refractivity contribution in [3.63, 3.8) is 0 Å². The predicted molar refractivity (Wildman–Crippen MR) is 98.4 cm³/mol. The third-order valence-corrected chi connectivity index (χ3v) is 5.35. The van der Waals surface area contributed by atoms with Gasteiger partial charge >= 0.3 is 0 Å². The Morgan fingerprint density at radius 1 is 1.12 bits per heavy atom. The second-order valence-corrected chi connectivity index (χ2v) is 8.50. The average Bonchev–Trinajstić information content (AvgIpc) is 2.46. The number of nitrogens with one attached hydrogen (secondary N) is 1. The van der Waals surface area contributed by atoms with Crippen LogP contribution in [-0.4, -0.2) is 70.1 Å². The lowest BCUT2D eigenvalue weighted by Gasteiger charge is -2.21. The average molecular weight is 396 g/mol. The van der Waals surface area contributed by atoms with Crippen LogP contribution < -0.4 is 5.32 Å². The van der Waals surface area contributed by atoms with Crippen molar-refractivity contribution < 1.29 is 13.2 Å². The van der Waals surface area contributed by atoms with E-state index in [2.05, 4.69) is 5.32 Å². The van der Waals surface area contributed by atoms with Gasteiger partial charge in [-0.1, -0.05) is 23.2 Å². The van der Waals surface area contributed by atoms with Gasteiger partial charge in [0.05, 0.1) is 16.3 Å². The number of rotatable bonds is 9. The van der Waals surface area contributed by atoms with E-state index < -0.39 is 10.0 Å². The van der Waals surface area contributed by atoms with E-state index in [-0.39, 0.29) is 19.0 Å². The molecule has 0 aromatic heterocycles. The van der Waals surface area contributed by atoms with Crippen LogP contribution in [0, 0.1) is 0 Å². The smallest absolute Gasteiger partial charge is 0.251 e. The molecule has 0 fully saturated rings. The molecule has 136 valence electrons. The minimum atomic E-state index is -3.31. The van der Waals surface area contributed by atoms with Crippen molar-refractivity contribution in [3.8, 4) is 0 Å². The topological polar surface area (TPSA) is 69.7 Å². The number of amides is 1. The Hall–Kier alpha value is -0.860. The predicted octanol–water partition coefficient (Wildman–Crippen LogP) is 1.94. The van der Waals surface area contributed by atoms with E-state index >= 15 is 0 Å². The first-order valence-electron chi connectivity index (χ1n) is 7.44. The summed E-state index contributed by atoms with van der Waals surface area (Å²) in [6.45, 7) is 1.65. The zero-order valence-electron chi connectivity index (χ0n) is 14.1. The molecule has 0 heterocycles. The van der Waals surface area contributed by atoms with Gasteiger partial charge in [-0.25, -0.2) is 12.7 Å². The second kappa shape index (κ2) is 9.58. The molecule has 1 rings (SSSR count). The van der Waals surface area contributed by atoms with Crippen LogP contribution >= 0.6 is 23.2 Å². The van der Waals surface area contributed by atoms with Crippen molar-refractivity contribution in [2.45, 2.75) is 6.42 Å². The first-order valence-corrected chi connectivity index (χ1v) is 10.0. The SMILES string of the molecule is CN(C)CCCN(CCNC(=O)c1ccc(Cl)c(Cl)c1)S(C)(=O)=O. The Bertz CT molecular complexity index is 666. The fourth-order valence-electron chi connectivity index (χ4n) is 2.04. The third-order valence-electron chi connectivity index (χ3n) is 3.31. The summed E-state index contributed by atoms with van der Waals surface area (Å²) in [5, 5.41) is 3.36. The number of carbonyl (C=O) groups excluding carboxylic acids is 1. The molecule has 0 saturated carbocycles. The van der Waals surface area contributed by atoms with Gasteiger partial charge in [-0.2, -0.15) is 0 Å². The molecular weight excluding hydrogens is 373 g/mol. The van der Waals surface area contributed by atoms with E-state index in [0.717, 1.165) is 13.0 Å². The Balaban J connectivity index is 2.54. The van der Waals surface area contributed by atoms with E-state index in [1.54, 1.807) is 12.1 Å². The van der Waals surface area contributed by atoms with Crippen LogP contribution in [0.15, 0.2) is 18.2 Å². The summed E-state index contributed by atoms with van der Waals surface area (Å²) in [4.78, 5) is 14.0. The van der Waals surface area contributed by atoms with Gasteiger partial charge in [-0.15, -0.1) is 0 Å². The summed E-state index contributed by atoms with van der Waals surface area (Å²) >= 11 is 11.7. The van der Waals surface area contributed by atoms with Crippen molar-refractivity contribution in [1.82, 2.24) is 14.5 Å². The fourth-order valence-corrected chi connectivity index (χ4v) is 3.22. The second-order valence-electron chi connectivity index (χ2n) is 5.70. The first kappa shape index (κ1) is 21.2. The van der Waals surface area contributed by atoms with Gasteiger partial charge in [-0.05, 0) is 45.3 Å². The van der Waals surface area contributed by atoms with Crippen LogP contribution in [0.2, 0.25) is 10.0 Å². The molecule has 0 radical (unpaired) electrons. The van der Waals surface area contributed by atoms with Crippen molar-refractivity contribution in [2.24, 2.45) is 0 Å². The minimum absolute atomic E-state index is 0.216. The van der Waals surface area contributed by atoms with E-state index in [4.69, 9.17) is 23.2 Å². The monoisotopic (exact) mass is 395 g/mol. The number of carbonyl (C=O) groups is 1. The number of halogens is 2. The third kappa shape index (κ3) is 7.36. The molecule has 0 aliphatic rings. The molecule has 0 bridgehead atoms. The molecule has 1 aromatic rings. The maximum atomic E-state index is 12.1. The highest BCUT2D eigenvalue weighted by atomic mass is 35.5. The maximum absolute atomic E-state index is 12.1. The molecule has 0 unspecified atom stereocenters. The summed E-state index contributed by atoms with van der Waals surface area (Å²) in [7, 11) is 0.553. The highest BCUT2D eigenvalue weighted by molar-refractivity contribution is 7.88. The lowest BCUT2D eigenvalue weighted by Crippen LogP contribution is -2.39. The Kier molecular flexibility index (Phi) is 8.45. The molecule has 1 amide bonds. The summed E-state index contributed by atoms with van der Waals surface area (Å²) in [6.07, 6.45) is 1.89. The molecule has 0 spiro atoms. The van der Waals surface area contributed by atoms with Gasteiger partial charge in [0.15, 0.2) is 0 Å². The quantitative estimate of drug-likeness (QED) is 0.693. The summed E-state index contributed by atoms with van der Waals surface area (Å²) in [5.74, 6) is -0.324. The standard InChI is InChI=1S/C15H23Cl2N3O3S/c1-19(2)8-4-9-20(24(3,22)23)10-7-18-15(21)12-5-6-13(16)14(17)11-12/h5-6,11H,4,7-10H2,1-3H3,(H,18,21). The summed E-state index contributed by atoms with van der Waals surface area (Å²) < 4.78 is 25.0. The Morgan fingerprint density at radius 3 is 2.33 bits per heavy atom. The van der Waals surface area contributed by atoms with Gasteiger partial charge < -0.3 is 10.2 Å². The molecule has 6 nitrogen and oxygen atoms in total. The van der Waals surface area contributed by atoms with Crippen LogP contribution in [0.3, 0.4) is 0 Å². The highest BCUT2D eigenvalue weighted by Gasteiger charge is 2.16. The van der Waals surface area contributed by atoms with Crippen LogP contribution in [-0.2, 0) is 10.0 Å². The van der Waals surface area contributed by atoms with Crippen LogP contribution in [0.1, 0.15) is 16.8 Å². The fraction of sp³-hybridized carbons (Fsp3) is 0.533. The van der Waals surface area contributed by atoms with Crippen molar-refractivity contribution in [3.05, 3.63) is 33.8 Å². The van der Waals surface area contributed by atoms with E-state index in [1.807, 2.05) is 19.0 Å². The summed E-state index contributed by atoms with van der Waals surface area (Å²) in [5.41, 5.74) is 0.378. The molecule has 0 atom stereocenters. The van der Waals surface area contributed by atoms with Gasteiger partial charge in [0.25, 0.3) is 5.91 Å². The van der Waals surface area contributed by atoms with Gasteiger partial charge in [-0.3, -0.25) is 4.79 Å². The molecule has 1 aromatic carbocycles. The molecule has 0 aliphatic heterocycles. The number of sulfonamides is 1. The van der Waals surface area contributed by atoms with E-state index in [9.17, 15) is 13.2 Å². The zero-order chi connectivity index (χ0) is 18.3. The molecule has 1 N–H and O–H groups in total. The number of nitrogens with zero attached hydrogens (tertiary/aromatic N) is 2.